The first kappa shape index (κ1) is 23.9. The van der Waals surface area contributed by atoms with Gasteiger partial charge in [0, 0.05) is 81.9 Å². The first-order chi connectivity index (χ1) is 16.6. The quantitative estimate of drug-likeness (QED) is 0.624. The van der Waals surface area contributed by atoms with Crippen LogP contribution in [-0.2, 0) is 11.2 Å². The number of morpholine rings is 1. The Morgan fingerprint density at radius 2 is 1.68 bits per heavy atom. The van der Waals surface area contributed by atoms with E-state index < -0.39 is 0 Å². The van der Waals surface area contributed by atoms with Crippen LogP contribution in [0.1, 0.15) is 18.4 Å². The Morgan fingerprint density at radius 1 is 0.971 bits per heavy atom. The zero-order chi connectivity index (χ0) is 23.3. The number of rotatable bonds is 6. The van der Waals surface area contributed by atoms with Gasteiger partial charge in [-0.1, -0.05) is 23.7 Å². The average Bonchev–Trinajstić information content (AvgIpc) is 2.88. The van der Waals surface area contributed by atoms with Crippen LogP contribution >= 0.6 is 11.6 Å². The number of ether oxygens (including phenoxy) is 1. The molecule has 3 aliphatic rings. The molecule has 5 rings (SSSR count). The lowest BCUT2D eigenvalue weighted by Crippen LogP contribution is -2.59. The molecule has 1 aromatic carbocycles. The van der Waals surface area contributed by atoms with Gasteiger partial charge in [-0.15, -0.1) is 0 Å². The van der Waals surface area contributed by atoms with Gasteiger partial charge < -0.3 is 14.5 Å². The summed E-state index contributed by atoms with van der Waals surface area (Å²) in [5.74, 6) is 0.855. The molecule has 3 fully saturated rings. The minimum Gasteiger partial charge on any atom is -0.374 e. The molecule has 0 N–H and O–H groups in total. The fraction of sp³-hybridized carbons (Fsp3) is 0.615. The molecule has 0 amide bonds. The number of hydrogen-bond donors (Lipinski definition) is 0. The minimum absolute atomic E-state index is 0.278. The predicted molar refractivity (Wildman–Crippen MR) is 137 cm³/mol. The van der Waals surface area contributed by atoms with Crippen molar-refractivity contribution in [2.45, 2.75) is 37.5 Å². The molecule has 2 atom stereocenters. The standard InChI is InChI=1S/C26H37ClN6O/c1-30-13-15-31(16-14-30)18-25-19-33(24(20-34-25)17-21-3-5-22(27)6-4-21)23-7-11-32(12-8-23)26-28-9-2-10-29-26/h2-6,9-10,23-25H,7-8,11-20H2,1H3. The lowest BCUT2D eigenvalue weighted by molar-refractivity contribution is -0.0932. The van der Waals surface area contributed by atoms with Crippen LogP contribution in [0.25, 0.3) is 0 Å². The number of aromatic nitrogens is 2. The monoisotopic (exact) mass is 484 g/mol. The minimum atomic E-state index is 0.278. The van der Waals surface area contributed by atoms with E-state index in [0.717, 1.165) is 89.2 Å². The topological polar surface area (TPSA) is 48.0 Å². The van der Waals surface area contributed by atoms with E-state index in [0.29, 0.717) is 12.1 Å². The second-order valence-electron chi connectivity index (χ2n) is 10.0. The molecule has 0 bridgehead atoms. The lowest BCUT2D eigenvalue weighted by Gasteiger charge is -2.47. The molecular formula is C26H37ClN6O. The Morgan fingerprint density at radius 3 is 2.38 bits per heavy atom. The molecule has 7 nitrogen and oxygen atoms in total. The van der Waals surface area contributed by atoms with Crippen LogP contribution in [0.15, 0.2) is 42.7 Å². The lowest BCUT2D eigenvalue weighted by atomic mass is 9.96. The number of likely N-dealkylation sites (N-methyl/N-ethyl adjacent to an activating group) is 1. The highest BCUT2D eigenvalue weighted by Gasteiger charge is 2.36. The van der Waals surface area contributed by atoms with E-state index in [9.17, 15) is 0 Å². The molecule has 0 saturated carbocycles. The van der Waals surface area contributed by atoms with Crippen molar-refractivity contribution in [1.29, 1.82) is 0 Å². The SMILES string of the molecule is CN1CCN(CC2CN(C3CCN(c4ncccn4)CC3)C(Cc3ccc(Cl)cc3)CO2)CC1. The van der Waals surface area contributed by atoms with Crippen molar-refractivity contribution in [2.75, 3.05) is 70.9 Å². The van der Waals surface area contributed by atoms with Gasteiger partial charge in [-0.3, -0.25) is 9.80 Å². The fourth-order valence-corrected chi connectivity index (χ4v) is 5.70. The van der Waals surface area contributed by atoms with Crippen LogP contribution < -0.4 is 4.90 Å². The summed E-state index contributed by atoms with van der Waals surface area (Å²) in [4.78, 5) is 19.0. The van der Waals surface area contributed by atoms with Crippen molar-refractivity contribution in [3.05, 3.63) is 53.3 Å². The Balaban J connectivity index is 1.24. The number of piperidine rings is 1. The number of piperazine rings is 1. The van der Waals surface area contributed by atoms with Crippen LogP contribution in [0.2, 0.25) is 5.02 Å². The molecule has 8 heteroatoms. The second-order valence-corrected chi connectivity index (χ2v) is 10.4. The van der Waals surface area contributed by atoms with Gasteiger partial charge in [0.1, 0.15) is 0 Å². The molecule has 2 unspecified atom stereocenters. The average molecular weight is 485 g/mol. The summed E-state index contributed by atoms with van der Waals surface area (Å²) < 4.78 is 6.47. The Labute approximate surface area is 208 Å². The first-order valence-electron chi connectivity index (χ1n) is 12.7. The molecule has 1 aromatic heterocycles. The number of hydrogen-bond acceptors (Lipinski definition) is 7. The number of benzene rings is 1. The van der Waals surface area contributed by atoms with E-state index >= 15 is 0 Å². The van der Waals surface area contributed by atoms with Gasteiger partial charge >= 0.3 is 0 Å². The van der Waals surface area contributed by atoms with Crippen molar-refractivity contribution in [2.24, 2.45) is 0 Å². The summed E-state index contributed by atoms with van der Waals surface area (Å²) in [5, 5.41) is 0.795. The molecule has 3 aliphatic heterocycles. The third kappa shape index (κ3) is 6.07. The van der Waals surface area contributed by atoms with E-state index in [4.69, 9.17) is 16.3 Å². The summed E-state index contributed by atoms with van der Waals surface area (Å²) in [6.45, 7) is 9.42. The zero-order valence-corrected chi connectivity index (χ0v) is 21.0. The highest BCUT2D eigenvalue weighted by Crippen LogP contribution is 2.27. The molecule has 0 spiro atoms. The molecule has 3 saturated heterocycles. The van der Waals surface area contributed by atoms with Gasteiger partial charge in [0.05, 0.1) is 12.7 Å². The molecule has 184 valence electrons. The summed E-state index contributed by atoms with van der Waals surface area (Å²) in [6.07, 6.45) is 7.22. The molecule has 0 radical (unpaired) electrons. The van der Waals surface area contributed by atoms with Crippen molar-refractivity contribution in [1.82, 2.24) is 24.7 Å². The van der Waals surface area contributed by atoms with Crippen molar-refractivity contribution >= 4 is 17.5 Å². The van der Waals surface area contributed by atoms with Gasteiger partial charge in [-0.2, -0.15) is 0 Å². The zero-order valence-electron chi connectivity index (χ0n) is 20.2. The third-order valence-corrected chi connectivity index (χ3v) is 7.87. The summed E-state index contributed by atoms with van der Waals surface area (Å²) in [5.41, 5.74) is 1.33. The first-order valence-corrected chi connectivity index (χ1v) is 13.1. The molecule has 0 aliphatic carbocycles. The largest absolute Gasteiger partial charge is 0.374 e. The maximum Gasteiger partial charge on any atom is 0.225 e. The van der Waals surface area contributed by atoms with Gasteiger partial charge in [0.15, 0.2) is 0 Å². The Kier molecular flexibility index (Phi) is 7.97. The van der Waals surface area contributed by atoms with Gasteiger partial charge in [-0.25, -0.2) is 9.97 Å². The van der Waals surface area contributed by atoms with E-state index in [1.807, 2.05) is 30.6 Å². The molecule has 2 aromatic rings. The van der Waals surface area contributed by atoms with Crippen LogP contribution in [0.4, 0.5) is 5.95 Å². The fourth-order valence-electron chi connectivity index (χ4n) is 5.58. The van der Waals surface area contributed by atoms with E-state index in [1.54, 1.807) is 0 Å². The molecule has 34 heavy (non-hydrogen) atoms. The molecular weight excluding hydrogens is 448 g/mol. The van der Waals surface area contributed by atoms with Crippen molar-refractivity contribution in [3.8, 4) is 0 Å². The maximum atomic E-state index is 6.47. The maximum absolute atomic E-state index is 6.47. The number of halogens is 1. The predicted octanol–water partition coefficient (Wildman–Crippen LogP) is 2.66. The van der Waals surface area contributed by atoms with Gasteiger partial charge in [0.2, 0.25) is 5.95 Å². The van der Waals surface area contributed by atoms with Crippen LogP contribution in [0.3, 0.4) is 0 Å². The van der Waals surface area contributed by atoms with E-state index in [2.05, 4.69) is 48.7 Å². The number of nitrogens with zero attached hydrogens (tertiary/aromatic N) is 6. The highest BCUT2D eigenvalue weighted by atomic mass is 35.5. The van der Waals surface area contributed by atoms with Gasteiger partial charge in [-0.05, 0) is 50.1 Å². The Bertz CT molecular complexity index is 884. The van der Waals surface area contributed by atoms with E-state index in [1.165, 1.54) is 5.56 Å². The summed E-state index contributed by atoms with van der Waals surface area (Å²) in [6, 6.07) is 11.2. The normalized spacial score (nSPS) is 26.1. The summed E-state index contributed by atoms with van der Waals surface area (Å²) >= 11 is 6.13. The third-order valence-electron chi connectivity index (χ3n) is 7.62. The number of anilines is 1. The van der Waals surface area contributed by atoms with Gasteiger partial charge in [0.25, 0.3) is 0 Å². The van der Waals surface area contributed by atoms with Crippen LogP contribution in [0.5, 0.6) is 0 Å². The van der Waals surface area contributed by atoms with E-state index in [-0.39, 0.29) is 6.10 Å². The van der Waals surface area contributed by atoms with Crippen LogP contribution in [-0.4, -0.2) is 109 Å². The van der Waals surface area contributed by atoms with Crippen molar-refractivity contribution in [3.63, 3.8) is 0 Å². The summed E-state index contributed by atoms with van der Waals surface area (Å²) in [7, 11) is 2.21. The van der Waals surface area contributed by atoms with Crippen LogP contribution in [0, 0.1) is 0 Å². The highest BCUT2D eigenvalue weighted by molar-refractivity contribution is 6.30. The second kappa shape index (κ2) is 11.3. The smallest absolute Gasteiger partial charge is 0.225 e. The molecule has 4 heterocycles. The van der Waals surface area contributed by atoms with Crippen molar-refractivity contribution < 1.29 is 4.74 Å². The Hall–Kier alpha value is -1.77.